The Bertz CT molecular complexity index is 799. The number of carbonyl (C=O) groups is 2. The van der Waals surface area contributed by atoms with Crippen molar-refractivity contribution in [1.82, 2.24) is 0 Å². The Balaban J connectivity index is 2.11. The number of ether oxygens (including phenoxy) is 1. The average molecular weight is 496 g/mol. The van der Waals surface area contributed by atoms with Crippen LogP contribution in [0.3, 0.4) is 0 Å². The van der Waals surface area contributed by atoms with E-state index >= 15 is 0 Å². The molecule has 0 aliphatic carbocycles. The molecule has 0 unspecified atom stereocenters. The first-order chi connectivity index (χ1) is 12.6. The summed E-state index contributed by atoms with van der Waals surface area (Å²) in [6.45, 7) is 7.64. The van der Waals surface area contributed by atoms with E-state index in [0.29, 0.717) is 22.6 Å². The van der Waals surface area contributed by atoms with Crippen LogP contribution in [0.25, 0.3) is 0 Å². The van der Waals surface area contributed by atoms with Crippen molar-refractivity contribution in [1.29, 1.82) is 0 Å². The zero-order chi connectivity index (χ0) is 20.2. The molecule has 3 nitrogen and oxygen atoms in total. The van der Waals surface area contributed by atoms with Crippen LogP contribution >= 0.6 is 31.9 Å². The van der Waals surface area contributed by atoms with Crippen LogP contribution in [0.1, 0.15) is 61.3 Å². The third kappa shape index (κ3) is 5.29. The highest BCUT2D eigenvalue weighted by molar-refractivity contribution is 9.10. The highest BCUT2D eigenvalue weighted by Crippen LogP contribution is 2.32. The van der Waals surface area contributed by atoms with Crippen LogP contribution in [0.15, 0.2) is 48.5 Å². The van der Waals surface area contributed by atoms with Gasteiger partial charge < -0.3 is 4.74 Å². The second-order valence-electron chi connectivity index (χ2n) is 6.95. The summed E-state index contributed by atoms with van der Waals surface area (Å²) in [7, 11) is 0. The van der Waals surface area contributed by atoms with Crippen molar-refractivity contribution in [2.45, 2.75) is 49.2 Å². The summed E-state index contributed by atoms with van der Waals surface area (Å²) in [4.78, 5) is 24.9. The van der Waals surface area contributed by atoms with Crippen molar-refractivity contribution in [2.24, 2.45) is 0 Å². The number of alkyl halides is 2. The fraction of sp³-hybridized carbons (Fsp3) is 0.364. The van der Waals surface area contributed by atoms with Crippen LogP contribution in [0.5, 0.6) is 11.5 Å². The van der Waals surface area contributed by atoms with Gasteiger partial charge in [0.25, 0.3) is 0 Å². The Kier molecular flexibility index (Phi) is 7.03. The maximum absolute atomic E-state index is 12.7. The van der Waals surface area contributed by atoms with Crippen LogP contribution in [0.2, 0.25) is 0 Å². The fourth-order valence-electron chi connectivity index (χ4n) is 2.66. The zero-order valence-electron chi connectivity index (χ0n) is 16.0. The molecule has 0 atom stereocenters. The molecule has 144 valence electrons. The monoisotopic (exact) mass is 494 g/mol. The normalized spacial score (nSPS) is 11.9. The lowest BCUT2D eigenvalue weighted by Gasteiger charge is -2.22. The topological polar surface area (TPSA) is 43.4 Å². The van der Waals surface area contributed by atoms with Crippen molar-refractivity contribution >= 4 is 43.4 Å². The summed E-state index contributed by atoms with van der Waals surface area (Å²) in [6, 6.07) is 14.2. The predicted octanol–water partition coefficient (Wildman–Crippen LogP) is 6.97. The highest BCUT2D eigenvalue weighted by atomic mass is 79.9. The van der Waals surface area contributed by atoms with Crippen molar-refractivity contribution in [2.75, 3.05) is 0 Å². The minimum Gasteiger partial charge on any atom is -0.457 e. The van der Waals surface area contributed by atoms with E-state index in [9.17, 15) is 9.59 Å². The number of ketones is 2. The SMILES string of the molecule is CCC(Br)(CC)C(=O)c1ccc(Oc2ccc(C(=O)C(C)(C)Br)cc2)cc1. The van der Waals surface area contributed by atoms with Crippen molar-refractivity contribution in [3.63, 3.8) is 0 Å². The van der Waals surface area contributed by atoms with E-state index in [1.54, 1.807) is 48.5 Å². The fourth-order valence-corrected chi connectivity index (χ4v) is 3.12. The third-order valence-electron chi connectivity index (χ3n) is 4.54. The van der Waals surface area contributed by atoms with Crippen molar-refractivity contribution in [3.8, 4) is 11.5 Å². The number of hydrogen-bond acceptors (Lipinski definition) is 3. The van der Waals surface area contributed by atoms with Crippen molar-refractivity contribution < 1.29 is 14.3 Å². The first kappa shape index (κ1) is 21.8. The molecular weight excluding hydrogens is 472 g/mol. The van der Waals surface area contributed by atoms with E-state index in [1.165, 1.54) is 0 Å². The van der Waals surface area contributed by atoms with Gasteiger partial charge in [0.05, 0.1) is 8.65 Å². The lowest BCUT2D eigenvalue weighted by atomic mass is 9.93. The van der Waals surface area contributed by atoms with Gasteiger partial charge in [0.15, 0.2) is 11.6 Å². The van der Waals surface area contributed by atoms with E-state index < -0.39 is 8.65 Å². The molecule has 0 N–H and O–H groups in total. The molecule has 0 radical (unpaired) electrons. The van der Waals surface area contributed by atoms with Crippen LogP contribution in [0.4, 0.5) is 0 Å². The smallest absolute Gasteiger partial charge is 0.179 e. The Labute approximate surface area is 177 Å². The van der Waals surface area contributed by atoms with Gasteiger partial charge in [-0.1, -0.05) is 45.7 Å². The number of benzene rings is 2. The lowest BCUT2D eigenvalue weighted by molar-refractivity contribution is 0.0939. The maximum Gasteiger partial charge on any atom is 0.179 e. The molecule has 2 rings (SSSR count). The first-order valence-corrected chi connectivity index (χ1v) is 10.5. The van der Waals surface area contributed by atoms with E-state index in [2.05, 4.69) is 31.9 Å². The molecule has 2 aromatic rings. The summed E-state index contributed by atoms with van der Waals surface area (Å²) in [6.07, 6.45) is 1.47. The van der Waals surface area contributed by atoms with Gasteiger partial charge in [-0.15, -0.1) is 0 Å². The molecule has 0 heterocycles. The van der Waals surface area contributed by atoms with Crippen molar-refractivity contribution in [3.05, 3.63) is 59.7 Å². The standard InChI is InChI=1S/C22H24Br2O3/c1-5-22(24,6-2)20(26)16-9-13-18(14-10-16)27-17-11-7-15(8-12-17)19(25)21(3,4)23/h7-14H,5-6H2,1-4H3. The molecule has 27 heavy (non-hydrogen) atoms. The van der Waals surface area contributed by atoms with E-state index in [0.717, 1.165) is 12.8 Å². The van der Waals surface area contributed by atoms with Gasteiger partial charge in [-0.25, -0.2) is 0 Å². The van der Waals surface area contributed by atoms with Gasteiger partial charge in [0.2, 0.25) is 0 Å². The molecule has 0 aliphatic heterocycles. The van der Waals surface area contributed by atoms with Gasteiger partial charge in [-0.05, 0) is 75.2 Å². The molecule has 0 aromatic heterocycles. The van der Waals surface area contributed by atoms with Gasteiger partial charge in [-0.3, -0.25) is 9.59 Å². The molecule has 0 bridgehead atoms. The summed E-state index contributed by atoms with van der Waals surface area (Å²) < 4.78 is 4.71. The highest BCUT2D eigenvalue weighted by Gasteiger charge is 2.32. The Morgan fingerprint density at radius 1 is 0.778 bits per heavy atom. The Hall–Kier alpha value is -1.46. The second-order valence-corrected chi connectivity index (χ2v) is 10.5. The Morgan fingerprint density at radius 2 is 1.15 bits per heavy atom. The van der Waals surface area contributed by atoms with E-state index in [4.69, 9.17) is 4.74 Å². The summed E-state index contributed by atoms with van der Waals surface area (Å²) >= 11 is 6.96. The number of halogens is 2. The molecule has 0 spiro atoms. The molecule has 0 saturated carbocycles. The number of hydrogen-bond donors (Lipinski definition) is 0. The number of Topliss-reactive ketones (excluding diaryl/α,β-unsaturated/α-hetero) is 2. The second kappa shape index (κ2) is 8.70. The molecule has 5 heteroatoms. The predicted molar refractivity (Wildman–Crippen MR) is 117 cm³/mol. The average Bonchev–Trinajstić information content (AvgIpc) is 2.66. The number of rotatable bonds is 8. The summed E-state index contributed by atoms with van der Waals surface area (Å²) in [5, 5.41) is 0. The third-order valence-corrected chi connectivity index (χ3v) is 6.38. The molecule has 2 aromatic carbocycles. The van der Waals surface area contributed by atoms with Crippen LogP contribution in [-0.4, -0.2) is 20.2 Å². The van der Waals surface area contributed by atoms with Gasteiger partial charge >= 0.3 is 0 Å². The Morgan fingerprint density at radius 3 is 1.48 bits per heavy atom. The maximum atomic E-state index is 12.7. The largest absolute Gasteiger partial charge is 0.457 e. The molecular formula is C22H24Br2O3. The van der Waals surface area contributed by atoms with Crippen LogP contribution < -0.4 is 4.74 Å². The van der Waals surface area contributed by atoms with Gasteiger partial charge in [-0.2, -0.15) is 0 Å². The van der Waals surface area contributed by atoms with Gasteiger partial charge in [0, 0.05) is 11.1 Å². The lowest BCUT2D eigenvalue weighted by Crippen LogP contribution is -2.30. The summed E-state index contributed by atoms with van der Waals surface area (Å²) in [5.41, 5.74) is 1.28. The molecule has 0 saturated heterocycles. The molecule has 0 aliphatic rings. The summed E-state index contributed by atoms with van der Waals surface area (Å²) in [5.74, 6) is 1.37. The quantitative estimate of drug-likeness (QED) is 0.293. The van der Waals surface area contributed by atoms with E-state index in [-0.39, 0.29) is 11.6 Å². The van der Waals surface area contributed by atoms with Crippen LogP contribution in [-0.2, 0) is 0 Å². The minimum absolute atomic E-state index is 0.0158. The molecule has 0 fully saturated rings. The zero-order valence-corrected chi connectivity index (χ0v) is 19.2. The first-order valence-electron chi connectivity index (χ1n) is 8.96. The number of carbonyl (C=O) groups excluding carboxylic acids is 2. The van der Waals surface area contributed by atoms with Gasteiger partial charge in [0.1, 0.15) is 11.5 Å². The minimum atomic E-state index is -0.598. The van der Waals surface area contributed by atoms with Crippen LogP contribution in [0, 0.1) is 0 Å². The van der Waals surface area contributed by atoms with E-state index in [1.807, 2.05) is 27.7 Å². The molecule has 0 amide bonds.